The fourth-order valence-corrected chi connectivity index (χ4v) is 3.81. The van der Waals surface area contributed by atoms with Gasteiger partial charge in [-0.3, -0.25) is 4.79 Å². The zero-order chi connectivity index (χ0) is 17.1. The van der Waals surface area contributed by atoms with Gasteiger partial charge in [0.05, 0.1) is 6.04 Å². The van der Waals surface area contributed by atoms with Crippen molar-refractivity contribution >= 4 is 5.78 Å². The molecule has 1 aromatic heterocycles. The average molecular weight is 329 g/mol. The minimum atomic E-state index is 0.0351. The first-order chi connectivity index (χ1) is 12.3. The van der Waals surface area contributed by atoms with Crippen LogP contribution in [0.4, 0.5) is 0 Å². The maximum Gasteiger partial charge on any atom is 0.155 e. The van der Waals surface area contributed by atoms with E-state index in [0.717, 1.165) is 32.1 Å². The number of hydrogen-bond acceptors (Lipinski definition) is 1. The van der Waals surface area contributed by atoms with Gasteiger partial charge < -0.3 is 4.57 Å². The zero-order valence-electron chi connectivity index (χ0n) is 14.4. The number of carbonyl (C=O) groups is 1. The largest absolute Gasteiger partial charge is 0.343 e. The first kappa shape index (κ1) is 15.9. The Kier molecular flexibility index (Phi) is 4.51. The SMILES string of the molecule is O=C1CCCC1n1cc(CCc2ccccc2)c(-c2ccccc2)c1. The summed E-state index contributed by atoms with van der Waals surface area (Å²) in [6, 6.07) is 21.1. The number of carbonyl (C=O) groups excluding carboxylic acids is 1. The van der Waals surface area contributed by atoms with Crippen molar-refractivity contribution in [2.24, 2.45) is 0 Å². The average Bonchev–Trinajstić information content (AvgIpc) is 3.27. The molecule has 1 unspecified atom stereocenters. The molecule has 0 bridgehead atoms. The molecule has 1 aliphatic rings. The minimum Gasteiger partial charge on any atom is -0.343 e. The number of benzene rings is 2. The fraction of sp³-hybridized carbons (Fsp3) is 0.261. The Labute approximate surface area is 149 Å². The van der Waals surface area contributed by atoms with Crippen molar-refractivity contribution in [2.45, 2.75) is 38.1 Å². The molecular weight excluding hydrogens is 306 g/mol. The summed E-state index contributed by atoms with van der Waals surface area (Å²) < 4.78 is 2.16. The van der Waals surface area contributed by atoms with Gasteiger partial charge in [0.25, 0.3) is 0 Å². The van der Waals surface area contributed by atoms with E-state index in [1.807, 2.05) is 6.07 Å². The van der Waals surface area contributed by atoms with E-state index in [9.17, 15) is 4.79 Å². The third-order valence-corrected chi connectivity index (χ3v) is 5.17. The van der Waals surface area contributed by atoms with E-state index in [1.54, 1.807) is 0 Å². The Hall–Kier alpha value is -2.61. The van der Waals surface area contributed by atoms with Crippen LogP contribution in [0.25, 0.3) is 11.1 Å². The summed E-state index contributed by atoms with van der Waals surface area (Å²) in [7, 11) is 0. The second-order valence-corrected chi connectivity index (χ2v) is 6.87. The molecule has 1 atom stereocenters. The van der Waals surface area contributed by atoms with Crippen LogP contribution in [0, 0.1) is 0 Å². The van der Waals surface area contributed by atoms with E-state index in [-0.39, 0.29) is 6.04 Å². The van der Waals surface area contributed by atoms with Gasteiger partial charge in [-0.25, -0.2) is 0 Å². The van der Waals surface area contributed by atoms with Crippen molar-refractivity contribution < 1.29 is 4.79 Å². The highest BCUT2D eigenvalue weighted by Crippen LogP contribution is 2.32. The Balaban J connectivity index is 1.65. The lowest BCUT2D eigenvalue weighted by Gasteiger charge is -2.09. The molecule has 2 heteroatoms. The Morgan fingerprint density at radius 1 is 0.880 bits per heavy atom. The summed E-state index contributed by atoms with van der Waals surface area (Å²) in [4.78, 5) is 12.2. The highest BCUT2D eigenvalue weighted by Gasteiger charge is 2.26. The molecule has 2 aromatic carbocycles. The van der Waals surface area contributed by atoms with Gasteiger partial charge in [-0.1, -0.05) is 60.7 Å². The van der Waals surface area contributed by atoms with Crippen molar-refractivity contribution in [1.82, 2.24) is 4.57 Å². The molecule has 0 spiro atoms. The fourth-order valence-electron chi connectivity index (χ4n) is 3.81. The summed E-state index contributed by atoms with van der Waals surface area (Å²) in [5, 5.41) is 0. The molecule has 0 radical (unpaired) electrons. The molecule has 126 valence electrons. The van der Waals surface area contributed by atoms with Crippen molar-refractivity contribution in [1.29, 1.82) is 0 Å². The maximum absolute atomic E-state index is 12.2. The van der Waals surface area contributed by atoms with Crippen molar-refractivity contribution in [3.63, 3.8) is 0 Å². The normalized spacial score (nSPS) is 17.1. The van der Waals surface area contributed by atoms with Crippen LogP contribution in [0.1, 0.15) is 36.4 Å². The number of nitrogens with zero attached hydrogens (tertiary/aromatic N) is 1. The Morgan fingerprint density at radius 3 is 2.28 bits per heavy atom. The third-order valence-electron chi connectivity index (χ3n) is 5.17. The Morgan fingerprint density at radius 2 is 1.60 bits per heavy atom. The first-order valence-corrected chi connectivity index (χ1v) is 9.14. The van der Waals surface area contributed by atoms with Gasteiger partial charge in [-0.2, -0.15) is 0 Å². The number of aryl methyl sites for hydroxylation is 2. The molecule has 25 heavy (non-hydrogen) atoms. The van der Waals surface area contributed by atoms with Gasteiger partial charge >= 0.3 is 0 Å². The van der Waals surface area contributed by atoms with E-state index < -0.39 is 0 Å². The highest BCUT2D eigenvalue weighted by molar-refractivity contribution is 5.84. The summed E-state index contributed by atoms with van der Waals surface area (Å²) in [5.74, 6) is 0.379. The molecule has 1 fully saturated rings. The molecule has 0 N–H and O–H groups in total. The predicted molar refractivity (Wildman–Crippen MR) is 102 cm³/mol. The molecule has 4 rings (SSSR count). The van der Waals surface area contributed by atoms with E-state index in [1.165, 1.54) is 22.3 Å². The second-order valence-electron chi connectivity index (χ2n) is 6.87. The predicted octanol–water partition coefficient (Wildman–Crippen LogP) is 5.23. The van der Waals surface area contributed by atoms with E-state index in [0.29, 0.717) is 5.78 Å². The van der Waals surface area contributed by atoms with Gasteiger partial charge in [-0.05, 0) is 42.4 Å². The van der Waals surface area contributed by atoms with Crippen LogP contribution in [0.2, 0.25) is 0 Å². The standard InChI is InChI=1S/C23H23NO/c25-23-13-7-12-22(23)24-16-20(15-14-18-8-3-1-4-9-18)21(17-24)19-10-5-2-6-11-19/h1-6,8-11,16-17,22H,7,12-15H2. The van der Waals surface area contributed by atoms with Crippen LogP contribution in [0.5, 0.6) is 0 Å². The molecule has 3 aromatic rings. The highest BCUT2D eigenvalue weighted by atomic mass is 16.1. The lowest BCUT2D eigenvalue weighted by atomic mass is 9.99. The third kappa shape index (κ3) is 3.43. The van der Waals surface area contributed by atoms with E-state index in [4.69, 9.17) is 0 Å². The van der Waals surface area contributed by atoms with Crippen LogP contribution in [0.15, 0.2) is 73.1 Å². The van der Waals surface area contributed by atoms with Gasteiger partial charge in [0.2, 0.25) is 0 Å². The number of hydrogen-bond donors (Lipinski definition) is 0. The van der Waals surface area contributed by atoms with Crippen LogP contribution in [-0.2, 0) is 17.6 Å². The van der Waals surface area contributed by atoms with Crippen LogP contribution < -0.4 is 0 Å². The minimum absolute atomic E-state index is 0.0351. The van der Waals surface area contributed by atoms with Gasteiger partial charge in [0.15, 0.2) is 5.78 Å². The van der Waals surface area contributed by atoms with E-state index in [2.05, 4.69) is 71.6 Å². The van der Waals surface area contributed by atoms with Gasteiger partial charge in [0.1, 0.15) is 0 Å². The Bertz CT molecular complexity index is 848. The lowest BCUT2D eigenvalue weighted by Crippen LogP contribution is -2.11. The zero-order valence-corrected chi connectivity index (χ0v) is 14.4. The molecule has 0 amide bonds. The number of ketones is 1. The summed E-state index contributed by atoms with van der Waals surface area (Å²) in [5.41, 5.74) is 5.17. The smallest absolute Gasteiger partial charge is 0.155 e. The molecular formula is C23H23NO. The van der Waals surface area contributed by atoms with Crippen LogP contribution >= 0.6 is 0 Å². The molecule has 0 aliphatic heterocycles. The lowest BCUT2D eigenvalue weighted by molar-refractivity contribution is -0.120. The molecule has 1 aliphatic carbocycles. The summed E-state index contributed by atoms with van der Waals surface area (Å²) in [6.45, 7) is 0. The maximum atomic E-state index is 12.2. The number of aromatic nitrogens is 1. The van der Waals surface area contributed by atoms with Gasteiger partial charge in [0, 0.05) is 24.4 Å². The molecule has 2 nitrogen and oxygen atoms in total. The second kappa shape index (κ2) is 7.10. The molecule has 0 saturated heterocycles. The quantitative estimate of drug-likeness (QED) is 0.628. The van der Waals surface area contributed by atoms with Crippen molar-refractivity contribution in [2.75, 3.05) is 0 Å². The molecule has 1 heterocycles. The molecule has 1 saturated carbocycles. The van der Waals surface area contributed by atoms with Gasteiger partial charge in [-0.15, -0.1) is 0 Å². The number of Topliss-reactive ketones (excluding diaryl/α,β-unsaturated/α-hetero) is 1. The monoisotopic (exact) mass is 329 g/mol. The topological polar surface area (TPSA) is 22.0 Å². The summed E-state index contributed by atoms with van der Waals surface area (Å²) >= 11 is 0. The number of rotatable bonds is 5. The summed E-state index contributed by atoms with van der Waals surface area (Å²) in [6.07, 6.45) is 9.11. The first-order valence-electron chi connectivity index (χ1n) is 9.14. The van der Waals surface area contributed by atoms with Crippen LogP contribution in [-0.4, -0.2) is 10.4 Å². The van der Waals surface area contributed by atoms with E-state index >= 15 is 0 Å². The van der Waals surface area contributed by atoms with Crippen molar-refractivity contribution in [3.8, 4) is 11.1 Å². The van der Waals surface area contributed by atoms with Crippen LogP contribution in [0.3, 0.4) is 0 Å². The van der Waals surface area contributed by atoms with Crippen molar-refractivity contribution in [3.05, 3.63) is 84.2 Å².